The van der Waals surface area contributed by atoms with Crippen LogP contribution in [0.3, 0.4) is 0 Å². The first-order valence-electron chi connectivity index (χ1n) is 7.56. The van der Waals surface area contributed by atoms with Gasteiger partial charge in [-0.25, -0.2) is 0 Å². The molecule has 4 heteroatoms. The van der Waals surface area contributed by atoms with E-state index in [1.165, 1.54) is 0 Å². The SMILES string of the molecule is CCOc1cc(CNC(CCO)C(C)(C)C)ccc1OC. The second-order valence-electron chi connectivity index (χ2n) is 6.23. The number of hydrogen-bond acceptors (Lipinski definition) is 4. The van der Waals surface area contributed by atoms with Crippen molar-refractivity contribution in [1.29, 1.82) is 0 Å². The van der Waals surface area contributed by atoms with Crippen LogP contribution in [0.4, 0.5) is 0 Å². The summed E-state index contributed by atoms with van der Waals surface area (Å²) in [4.78, 5) is 0. The van der Waals surface area contributed by atoms with Gasteiger partial charge < -0.3 is 19.9 Å². The number of aliphatic hydroxyl groups is 1. The van der Waals surface area contributed by atoms with Gasteiger partial charge in [-0.15, -0.1) is 0 Å². The summed E-state index contributed by atoms with van der Waals surface area (Å²) in [7, 11) is 1.65. The summed E-state index contributed by atoms with van der Waals surface area (Å²) in [6.07, 6.45) is 0.748. The maximum absolute atomic E-state index is 9.20. The Kier molecular flexibility index (Phi) is 6.99. The molecule has 1 aromatic carbocycles. The van der Waals surface area contributed by atoms with Crippen LogP contribution < -0.4 is 14.8 Å². The standard InChI is InChI=1S/C17H29NO3/c1-6-21-15-11-13(7-8-14(15)20-5)12-18-16(9-10-19)17(2,3)4/h7-8,11,16,18-19H,6,9-10,12H2,1-5H3. The Morgan fingerprint density at radius 1 is 1.24 bits per heavy atom. The monoisotopic (exact) mass is 295 g/mol. The van der Waals surface area contributed by atoms with Crippen molar-refractivity contribution in [2.75, 3.05) is 20.3 Å². The summed E-state index contributed by atoms with van der Waals surface area (Å²) in [6.45, 7) is 10.1. The highest BCUT2D eigenvalue weighted by molar-refractivity contribution is 5.42. The van der Waals surface area contributed by atoms with Crippen LogP contribution in [0.1, 0.15) is 39.7 Å². The molecular formula is C17H29NO3. The van der Waals surface area contributed by atoms with Crippen LogP contribution >= 0.6 is 0 Å². The number of ether oxygens (including phenoxy) is 2. The molecule has 1 atom stereocenters. The molecule has 0 bridgehead atoms. The van der Waals surface area contributed by atoms with Crippen LogP contribution in [-0.2, 0) is 6.54 Å². The average Bonchev–Trinajstić information content (AvgIpc) is 2.43. The van der Waals surface area contributed by atoms with Crippen molar-refractivity contribution in [2.45, 2.75) is 46.7 Å². The minimum atomic E-state index is 0.109. The predicted octanol–water partition coefficient (Wildman–Crippen LogP) is 2.98. The molecule has 0 saturated carbocycles. The van der Waals surface area contributed by atoms with Gasteiger partial charge in [0.2, 0.25) is 0 Å². The molecule has 0 saturated heterocycles. The summed E-state index contributed by atoms with van der Waals surface area (Å²) >= 11 is 0. The Morgan fingerprint density at radius 2 is 1.95 bits per heavy atom. The summed E-state index contributed by atoms with van der Waals surface area (Å²) in [6, 6.07) is 6.24. The van der Waals surface area contributed by atoms with E-state index in [0.29, 0.717) is 6.61 Å². The topological polar surface area (TPSA) is 50.7 Å². The fraction of sp³-hybridized carbons (Fsp3) is 0.647. The number of nitrogens with one attached hydrogen (secondary N) is 1. The van der Waals surface area contributed by atoms with Gasteiger partial charge in [-0.1, -0.05) is 26.8 Å². The zero-order valence-electron chi connectivity index (χ0n) is 13.9. The molecular weight excluding hydrogens is 266 g/mol. The molecule has 0 heterocycles. The van der Waals surface area contributed by atoms with Gasteiger partial charge in [-0.2, -0.15) is 0 Å². The van der Waals surface area contributed by atoms with E-state index in [1.807, 2.05) is 25.1 Å². The second-order valence-corrected chi connectivity index (χ2v) is 6.23. The average molecular weight is 295 g/mol. The third-order valence-electron chi connectivity index (χ3n) is 3.54. The molecule has 0 aliphatic heterocycles. The number of benzene rings is 1. The molecule has 0 aromatic heterocycles. The van der Waals surface area contributed by atoms with E-state index >= 15 is 0 Å². The van der Waals surface area contributed by atoms with Gasteiger partial charge in [0.15, 0.2) is 11.5 Å². The van der Waals surface area contributed by atoms with E-state index in [2.05, 4.69) is 26.1 Å². The van der Waals surface area contributed by atoms with Gasteiger partial charge in [0, 0.05) is 19.2 Å². The molecule has 120 valence electrons. The van der Waals surface area contributed by atoms with Crippen molar-refractivity contribution in [3.63, 3.8) is 0 Å². The van der Waals surface area contributed by atoms with Gasteiger partial charge in [-0.05, 0) is 36.5 Å². The Bertz CT molecular complexity index is 427. The minimum absolute atomic E-state index is 0.109. The van der Waals surface area contributed by atoms with Crippen LogP contribution in [0.25, 0.3) is 0 Å². The first kappa shape index (κ1) is 17.8. The largest absolute Gasteiger partial charge is 0.493 e. The van der Waals surface area contributed by atoms with Crippen molar-refractivity contribution in [1.82, 2.24) is 5.32 Å². The summed E-state index contributed by atoms with van der Waals surface area (Å²) in [5.41, 5.74) is 1.25. The maximum atomic E-state index is 9.20. The van der Waals surface area contributed by atoms with E-state index in [1.54, 1.807) is 7.11 Å². The molecule has 0 radical (unpaired) electrons. The third-order valence-corrected chi connectivity index (χ3v) is 3.54. The lowest BCUT2D eigenvalue weighted by atomic mass is 9.85. The molecule has 21 heavy (non-hydrogen) atoms. The number of hydrogen-bond donors (Lipinski definition) is 2. The lowest BCUT2D eigenvalue weighted by Gasteiger charge is -2.31. The first-order chi connectivity index (χ1) is 9.92. The second kappa shape index (κ2) is 8.25. The van der Waals surface area contributed by atoms with Gasteiger partial charge in [0.05, 0.1) is 13.7 Å². The molecule has 1 unspecified atom stereocenters. The van der Waals surface area contributed by atoms with E-state index in [-0.39, 0.29) is 18.1 Å². The van der Waals surface area contributed by atoms with Crippen LogP contribution in [0.15, 0.2) is 18.2 Å². The number of rotatable bonds is 8. The summed E-state index contributed by atoms with van der Waals surface area (Å²) < 4.78 is 10.9. The number of aliphatic hydroxyl groups excluding tert-OH is 1. The Morgan fingerprint density at radius 3 is 2.48 bits per heavy atom. The zero-order valence-corrected chi connectivity index (χ0v) is 13.9. The van der Waals surface area contributed by atoms with E-state index in [0.717, 1.165) is 30.0 Å². The highest BCUT2D eigenvalue weighted by Crippen LogP contribution is 2.28. The molecule has 1 rings (SSSR count). The smallest absolute Gasteiger partial charge is 0.161 e. The summed E-state index contributed by atoms with van der Waals surface area (Å²) in [5, 5.41) is 12.7. The molecule has 2 N–H and O–H groups in total. The fourth-order valence-electron chi connectivity index (χ4n) is 2.31. The van der Waals surface area contributed by atoms with E-state index < -0.39 is 0 Å². The van der Waals surface area contributed by atoms with Gasteiger partial charge >= 0.3 is 0 Å². The molecule has 0 spiro atoms. The fourth-order valence-corrected chi connectivity index (χ4v) is 2.31. The van der Waals surface area contributed by atoms with E-state index in [9.17, 15) is 5.11 Å². The van der Waals surface area contributed by atoms with Crippen LogP contribution in [0.2, 0.25) is 0 Å². The molecule has 1 aromatic rings. The predicted molar refractivity (Wildman–Crippen MR) is 85.9 cm³/mol. The lowest BCUT2D eigenvalue weighted by Crippen LogP contribution is -2.40. The Labute approximate surface area is 128 Å². The molecule has 0 amide bonds. The lowest BCUT2D eigenvalue weighted by molar-refractivity contribution is 0.196. The highest BCUT2D eigenvalue weighted by Gasteiger charge is 2.23. The quantitative estimate of drug-likeness (QED) is 0.774. The zero-order chi connectivity index (χ0) is 15.9. The summed E-state index contributed by atoms with van der Waals surface area (Å²) in [5.74, 6) is 1.53. The highest BCUT2D eigenvalue weighted by atomic mass is 16.5. The maximum Gasteiger partial charge on any atom is 0.161 e. The third kappa shape index (κ3) is 5.56. The van der Waals surface area contributed by atoms with Gasteiger partial charge in [0.1, 0.15) is 0 Å². The Balaban J connectivity index is 2.76. The molecule has 0 aliphatic rings. The van der Waals surface area contributed by atoms with Gasteiger partial charge in [0.25, 0.3) is 0 Å². The van der Waals surface area contributed by atoms with Crippen molar-refractivity contribution in [3.8, 4) is 11.5 Å². The Hall–Kier alpha value is -1.26. The molecule has 0 aliphatic carbocycles. The normalized spacial score (nSPS) is 13.0. The van der Waals surface area contributed by atoms with Crippen LogP contribution in [-0.4, -0.2) is 31.5 Å². The first-order valence-corrected chi connectivity index (χ1v) is 7.56. The van der Waals surface area contributed by atoms with Crippen molar-refractivity contribution < 1.29 is 14.6 Å². The van der Waals surface area contributed by atoms with Crippen molar-refractivity contribution in [3.05, 3.63) is 23.8 Å². The molecule has 4 nitrogen and oxygen atoms in total. The minimum Gasteiger partial charge on any atom is -0.493 e. The van der Waals surface area contributed by atoms with Crippen LogP contribution in [0.5, 0.6) is 11.5 Å². The van der Waals surface area contributed by atoms with E-state index in [4.69, 9.17) is 9.47 Å². The van der Waals surface area contributed by atoms with Crippen molar-refractivity contribution in [2.24, 2.45) is 5.41 Å². The van der Waals surface area contributed by atoms with Gasteiger partial charge in [-0.3, -0.25) is 0 Å². The van der Waals surface area contributed by atoms with Crippen LogP contribution in [0, 0.1) is 5.41 Å². The van der Waals surface area contributed by atoms with Crippen molar-refractivity contribution >= 4 is 0 Å². The number of methoxy groups -OCH3 is 1. The molecule has 0 fully saturated rings.